The Kier molecular flexibility index (Phi) is 8.05. The first-order chi connectivity index (χ1) is 14.3. The molecule has 3 aromatic rings. The van der Waals surface area contributed by atoms with Crippen LogP contribution in [0.4, 0.5) is 0 Å². The van der Waals surface area contributed by atoms with Crippen LogP contribution in [0.2, 0.25) is 0 Å². The number of ether oxygens (including phenoxy) is 1. The van der Waals surface area contributed by atoms with Gasteiger partial charge in [-0.05, 0) is 19.8 Å². The van der Waals surface area contributed by atoms with Crippen molar-refractivity contribution in [3.8, 4) is 22.6 Å². The molecule has 0 aliphatic rings. The molecule has 2 aromatic carbocycles. The van der Waals surface area contributed by atoms with Crippen molar-refractivity contribution in [1.82, 2.24) is 9.55 Å². The molecule has 152 valence electrons. The van der Waals surface area contributed by atoms with Crippen LogP contribution < -0.4 is 0 Å². The highest BCUT2D eigenvalue weighted by Crippen LogP contribution is 2.25. The molecule has 29 heavy (non-hydrogen) atoms. The lowest BCUT2D eigenvalue weighted by Crippen LogP contribution is -2.03. The molecular formula is C25H30N2O2. The smallest absolute Gasteiger partial charge is 0.305 e. The molecule has 4 heteroatoms. The van der Waals surface area contributed by atoms with Crippen molar-refractivity contribution in [2.24, 2.45) is 0 Å². The van der Waals surface area contributed by atoms with Crippen LogP contribution in [0, 0.1) is 0 Å². The van der Waals surface area contributed by atoms with Gasteiger partial charge in [0.05, 0.1) is 12.3 Å². The zero-order valence-corrected chi connectivity index (χ0v) is 17.2. The van der Waals surface area contributed by atoms with Gasteiger partial charge in [-0.3, -0.25) is 4.79 Å². The predicted octanol–water partition coefficient (Wildman–Crippen LogP) is 6.12. The van der Waals surface area contributed by atoms with Crippen molar-refractivity contribution in [2.45, 2.75) is 52.0 Å². The van der Waals surface area contributed by atoms with E-state index in [1.165, 1.54) is 0 Å². The van der Waals surface area contributed by atoms with Gasteiger partial charge in [-0.2, -0.15) is 0 Å². The van der Waals surface area contributed by atoms with Gasteiger partial charge >= 0.3 is 5.97 Å². The SMILES string of the molecule is CCOC(=O)CCCCCCCn1cc(-c2ccccc2)nc1-c1ccccc1. The first-order valence-corrected chi connectivity index (χ1v) is 10.6. The molecule has 0 unspecified atom stereocenters. The molecule has 0 amide bonds. The number of hydrogen-bond acceptors (Lipinski definition) is 3. The Hall–Kier alpha value is -2.88. The normalized spacial score (nSPS) is 10.8. The van der Waals surface area contributed by atoms with Gasteiger partial charge in [0.1, 0.15) is 5.82 Å². The number of unbranched alkanes of at least 4 members (excludes halogenated alkanes) is 4. The van der Waals surface area contributed by atoms with Crippen molar-refractivity contribution in [3.05, 3.63) is 66.9 Å². The monoisotopic (exact) mass is 390 g/mol. The summed E-state index contributed by atoms with van der Waals surface area (Å²) in [4.78, 5) is 16.3. The number of aryl methyl sites for hydroxylation is 1. The molecule has 0 saturated carbocycles. The van der Waals surface area contributed by atoms with Crippen LogP contribution >= 0.6 is 0 Å². The van der Waals surface area contributed by atoms with Crippen LogP contribution in [0.25, 0.3) is 22.6 Å². The maximum absolute atomic E-state index is 11.4. The molecule has 1 aromatic heterocycles. The zero-order chi connectivity index (χ0) is 20.3. The second-order valence-electron chi connectivity index (χ2n) is 7.20. The number of hydrogen-bond donors (Lipinski definition) is 0. The minimum Gasteiger partial charge on any atom is -0.466 e. The second-order valence-corrected chi connectivity index (χ2v) is 7.20. The largest absolute Gasteiger partial charge is 0.466 e. The number of nitrogens with zero attached hydrogens (tertiary/aromatic N) is 2. The average molecular weight is 391 g/mol. The van der Waals surface area contributed by atoms with Gasteiger partial charge in [0.2, 0.25) is 0 Å². The van der Waals surface area contributed by atoms with Gasteiger partial charge < -0.3 is 9.30 Å². The fraction of sp³-hybridized carbons (Fsp3) is 0.360. The molecule has 3 rings (SSSR count). The summed E-state index contributed by atoms with van der Waals surface area (Å²) >= 11 is 0. The van der Waals surface area contributed by atoms with E-state index in [1.54, 1.807) is 0 Å². The highest BCUT2D eigenvalue weighted by molar-refractivity contribution is 5.69. The standard InChI is InChI=1S/C25H30N2O2/c1-2-29-24(28)18-12-4-3-5-13-19-27-20-23(21-14-8-6-9-15-21)26-25(27)22-16-10-7-11-17-22/h6-11,14-17,20H,2-5,12-13,18-19H2,1H3. The molecule has 4 nitrogen and oxygen atoms in total. The van der Waals surface area contributed by atoms with Crippen molar-refractivity contribution in [2.75, 3.05) is 6.61 Å². The minimum absolute atomic E-state index is 0.0770. The van der Waals surface area contributed by atoms with E-state index in [2.05, 4.69) is 47.2 Å². The quantitative estimate of drug-likeness (QED) is 0.293. The number of esters is 1. The van der Waals surface area contributed by atoms with Crippen LogP contribution in [0.1, 0.15) is 45.4 Å². The van der Waals surface area contributed by atoms with Crippen molar-refractivity contribution < 1.29 is 9.53 Å². The van der Waals surface area contributed by atoms with E-state index in [4.69, 9.17) is 9.72 Å². The van der Waals surface area contributed by atoms with E-state index in [0.29, 0.717) is 13.0 Å². The van der Waals surface area contributed by atoms with Gasteiger partial charge in [0, 0.05) is 30.3 Å². The van der Waals surface area contributed by atoms with Crippen molar-refractivity contribution >= 4 is 5.97 Å². The Morgan fingerprint density at radius 3 is 2.17 bits per heavy atom. The van der Waals surface area contributed by atoms with Crippen molar-refractivity contribution in [3.63, 3.8) is 0 Å². The molecule has 0 bridgehead atoms. The molecule has 0 saturated heterocycles. The summed E-state index contributed by atoms with van der Waals surface area (Å²) in [6.07, 6.45) is 8.08. The first kappa shape index (κ1) is 20.8. The lowest BCUT2D eigenvalue weighted by molar-refractivity contribution is -0.143. The summed E-state index contributed by atoms with van der Waals surface area (Å²) in [5.41, 5.74) is 3.30. The molecule has 1 heterocycles. The molecule has 0 N–H and O–H groups in total. The van der Waals surface area contributed by atoms with Gasteiger partial charge in [0.15, 0.2) is 0 Å². The molecular weight excluding hydrogens is 360 g/mol. The van der Waals surface area contributed by atoms with Crippen LogP contribution in [-0.4, -0.2) is 22.1 Å². The Balaban J connectivity index is 1.57. The highest BCUT2D eigenvalue weighted by atomic mass is 16.5. The van der Waals surface area contributed by atoms with E-state index in [0.717, 1.165) is 61.3 Å². The lowest BCUT2D eigenvalue weighted by atomic mass is 10.1. The molecule has 0 radical (unpaired) electrons. The molecule has 0 aliphatic carbocycles. The number of aromatic nitrogens is 2. The Bertz CT molecular complexity index is 872. The third-order valence-electron chi connectivity index (χ3n) is 4.96. The van der Waals surface area contributed by atoms with E-state index in [9.17, 15) is 4.79 Å². The summed E-state index contributed by atoms with van der Waals surface area (Å²) < 4.78 is 7.25. The fourth-order valence-electron chi connectivity index (χ4n) is 3.47. The number of rotatable bonds is 11. The Morgan fingerprint density at radius 2 is 1.48 bits per heavy atom. The fourth-order valence-corrected chi connectivity index (χ4v) is 3.47. The topological polar surface area (TPSA) is 44.1 Å². The Labute approximate surface area is 173 Å². The summed E-state index contributed by atoms with van der Waals surface area (Å²) in [6.45, 7) is 3.27. The minimum atomic E-state index is -0.0770. The van der Waals surface area contributed by atoms with Gasteiger partial charge in [0.25, 0.3) is 0 Å². The lowest BCUT2D eigenvalue weighted by Gasteiger charge is -2.08. The molecule has 0 spiro atoms. The summed E-state index contributed by atoms with van der Waals surface area (Å²) in [5.74, 6) is 0.943. The molecule has 0 aliphatic heterocycles. The number of carbonyl (C=O) groups is 1. The molecule has 0 atom stereocenters. The molecule has 0 fully saturated rings. The van der Waals surface area contributed by atoms with Gasteiger partial charge in [-0.15, -0.1) is 0 Å². The van der Waals surface area contributed by atoms with Crippen LogP contribution in [0.15, 0.2) is 66.9 Å². The number of benzene rings is 2. The summed E-state index contributed by atoms with van der Waals surface area (Å²) in [7, 11) is 0. The van der Waals surface area contributed by atoms with Crippen LogP contribution in [0.5, 0.6) is 0 Å². The van der Waals surface area contributed by atoms with E-state index < -0.39 is 0 Å². The third kappa shape index (κ3) is 6.31. The predicted molar refractivity (Wildman–Crippen MR) is 117 cm³/mol. The second kappa shape index (κ2) is 11.2. The van der Waals surface area contributed by atoms with Gasteiger partial charge in [-0.1, -0.05) is 79.9 Å². The number of imidazole rings is 1. The zero-order valence-electron chi connectivity index (χ0n) is 17.2. The maximum Gasteiger partial charge on any atom is 0.305 e. The van der Waals surface area contributed by atoms with Crippen molar-refractivity contribution in [1.29, 1.82) is 0 Å². The third-order valence-corrected chi connectivity index (χ3v) is 4.96. The summed E-state index contributed by atoms with van der Waals surface area (Å²) in [6, 6.07) is 20.7. The summed E-state index contributed by atoms with van der Waals surface area (Å²) in [5, 5.41) is 0. The van der Waals surface area contributed by atoms with Gasteiger partial charge in [-0.25, -0.2) is 4.98 Å². The highest BCUT2D eigenvalue weighted by Gasteiger charge is 2.11. The Morgan fingerprint density at radius 1 is 0.862 bits per heavy atom. The van der Waals surface area contributed by atoms with E-state index >= 15 is 0 Å². The van der Waals surface area contributed by atoms with Crippen LogP contribution in [-0.2, 0) is 16.1 Å². The first-order valence-electron chi connectivity index (χ1n) is 10.6. The number of carbonyl (C=O) groups excluding carboxylic acids is 1. The van der Waals surface area contributed by atoms with E-state index in [1.807, 2.05) is 31.2 Å². The van der Waals surface area contributed by atoms with Crippen LogP contribution in [0.3, 0.4) is 0 Å². The maximum atomic E-state index is 11.4. The average Bonchev–Trinajstić information content (AvgIpc) is 3.19. The van der Waals surface area contributed by atoms with E-state index in [-0.39, 0.29) is 5.97 Å².